The van der Waals surface area contributed by atoms with Gasteiger partial charge in [0.2, 0.25) is 0 Å². The number of piperidine rings is 2. The van der Waals surface area contributed by atoms with Crippen LogP contribution in [0.3, 0.4) is 0 Å². The van der Waals surface area contributed by atoms with Gasteiger partial charge in [-0.2, -0.15) is 0 Å². The van der Waals surface area contributed by atoms with Gasteiger partial charge in [0.25, 0.3) is 0 Å². The van der Waals surface area contributed by atoms with Gasteiger partial charge < -0.3 is 9.80 Å². The molecular formula is C15H30N4. The second-order valence-electron chi connectivity index (χ2n) is 7.27. The smallest absolute Gasteiger partial charge is 0.0131 e. The summed E-state index contributed by atoms with van der Waals surface area (Å²) in [5, 5.41) is 1.98. The first-order valence-corrected chi connectivity index (χ1v) is 8.06. The monoisotopic (exact) mass is 266 g/mol. The van der Waals surface area contributed by atoms with Crippen molar-refractivity contribution in [3.63, 3.8) is 0 Å². The molecule has 3 fully saturated rings. The zero-order chi connectivity index (χ0) is 13.3. The molecule has 0 aromatic rings. The van der Waals surface area contributed by atoms with E-state index < -0.39 is 0 Å². The van der Waals surface area contributed by atoms with Crippen molar-refractivity contribution in [2.45, 2.75) is 32.1 Å². The summed E-state index contributed by atoms with van der Waals surface area (Å²) in [6, 6.07) is 0. The van der Waals surface area contributed by atoms with Crippen molar-refractivity contribution < 1.29 is 0 Å². The lowest BCUT2D eigenvalue weighted by Crippen LogP contribution is -2.46. The van der Waals surface area contributed by atoms with Crippen LogP contribution in [0.5, 0.6) is 0 Å². The lowest BCUT2D eigenvalue weighted by atomic mass is 9.77. The first-order valence-electron chi connectivity index (χ1n) is 8.06. The number of hydrazine groups is 1. The summed E-state index contributed by atoms with van der Waals surface area (Å²) in [6.45, 7) is 8.81. The maximum Gasteiger partial charge on any atom is 0.0131 e. The van der Waals surface area contributed by atoms with Gasteiger partial charge in [-0.05, 0) is 70.1 Å². The van der Waals surface area contributed by atoms with Gasteiger partial charge in [-0.25, -0.2) is 5.01 Å². The van der Waals surface area contributed by atoms with Gasteiger partial charge in [0.05, 0.1) is 0 Å². The molecule has 0 aromatic carbocycles. The SMILES string of the molecule is CN1CCC2(CCN(CC3CCN(N)CC3)CC2)C1. The summed E-state index contributed by atoms with van der Waals surface area (Å²) in [7, 11) is 2.28. The molecular weight excluding hydrogens is 236 g/mol. The molecule has 1 spiro atoms. The van der Waals surface area contributed by atoms with Crippen molar-refractivity contribution in [1.82, 2.24) is 14.8 Å². The van der Waals surface area contributed by atoms with E-state index in [0.717, 1.165) is 19.0 Å². The van der Waals surface area contributed by atoms with Gasteiger partial charge in [0.15, 0.2) is 0 Å². The Hall–Kier alpha value is -0.160. The van der Waals surface area contributed by atoms with Gasteiger partial charge in [0.1, 0.15) is 0 Å². The number of nitrogens with two attached hydrogens (primary N) is 1. The second kappa shape index (κ2) is 5.68. The number of rotatable bonds is 2. The van der Waals surface area contributed by atoms with Crippen LogP contribution in [0.4, 0.5) is 0 Å². The van der Waals surface area contributed by atoms with Gasteiger partial charge in [0, 0.05) is 26.2 Å². The Balaban J connectivity index is 1.43. The molecule has 0 radical (unpaired) electrons. The number of nitrogens with zero attached hydrogens (tertiary/aromatic N) is 3. The predicted molar refractivity (Wildman–Crippen MR) is 78.7 cm³/mol. The number of hydrogen-bond acceptors (Lipinski definition) is 4. The molecule has 0 aromatic heterocycles. The molecule has 0 aliphatic carbocycles. The van der Waals surface area contributed by atoms with Crippen LogP contribution < -0.4 is 5.84 Å². The van der Waals surface area contributed by atoms with Crippen LogP contribution in [0.2, 0.25) is 0 Å². The Morgan fingerprint density at radius 1 is 1.00 bits per heavy atom. The highest BCUT2D eigenvalue weighted by molar-refractivity contribution is 4.93. The molecule has 0 unspecified atom stereocenters. The minimum absolute atomic E-state index is 0.672. The van der Waals surface area contributed by atoms with Crippen LogP contribution in [0, 0.1) is 11.3 Å². The first-order chi connectivity index (χ1) is 9.15. The van der Waals surface area contributed by atoms with E-state index in [2.05, 4.69) is 16.8 Å². The van der Waals surface area contributed by atoms with Crippen molar-refractivity contribution in [2.75, 3.05) is 52.9 Å². The van der Waals surface area contributed by atoms with E-state index in [0.29, 0.717) is 5.41 Å². The van der Waals surface area contributed by atoms with E-state index in [-0.39, 0.29) is 0 Å². The molecule has 0 saturated carbocycles. The lowest BCUT2D eigenvalue weighted by Gasteiger charge is -2.41. The van der Waals surface area contributed by atoms with Crippen LogP contribution >= 0.6 is 0 Å². The quantitative estimate of drug-likeness (QED) is 0.756. The second-order valence-corrected chi connectivity index (χ2v) is 7.27. The van der Waals surface area contributed by atoms with E-state index in [9.17, 15) is 0 Å². The van der Waals surface area contributed by atoms with Crippen molar-refractivity contribution in [2.24, 2.45) is 17.2 Å². The van der Waals surface area contributed by atoms with Gasteiger partial charge in [-0.15, -0.1) is 0 Å². The Bertz CT molecular complexity index is 291. The molecule has 110 valence electrons. The fraction of sp³-hybridized carbons (Fsp3) is 1.00. The van der Waals surface area contributed by atoms with Gasteiger partial charge in [-0.1, -0.05) is 0 Å². The third kappa shape index (κ3) is 3.30. The van der Waals surface area contributed by atoms with Crippen molar-refractivity contribution >= 4 is 0 Å². The summed E-state index contributed by atoms with van der Waals surface area (Å²) in [4.78, 5) is 5.24. The first kappa shape index (κ1) is 13.8. The molecule has 3 rings (SSSR count). The minimum atomic E-state index is 0.672. The highest BCUT2D eigenvalue weighted by Crippen LogP contribution is 2.40. The lowest BCUT2D eigenvalue weighted by molar-refractivity contribution is 0.0810. The highest BCUT2D eigenvalue weighted by atomic mass is 15.4. The predicted octanol–water partition coefficient (Wildman–Crippen LogP) is 0.990. The van der Waals surface area contributed by atoms with Gasteiger partial charge in [-0.3, -0.25) is 5.84 Å². The minimum Gasteiger partial charge on any atom is -0.306 e. The van der Waals surface area contributed by atoms with E-state index in [1.807, 2.05) is 5.01 Å². The van der Waals surface area contributed by atoms with Crippen molar-refractivity contribution in [1.29, 1.82) is 0 Å². The molecule has 3 heterocycles. The average molecular weight is 266 g/mol. The molecule has 0 atom stereocenters. The molecule has 3 aliphatic heterocycles. The zero-order valence-electron chi connectivity index (χ0n) is 12.5. The van der Waals surface area contributed by atoms with Gasteiger partial charge >= 0.3 is 0 Å². The van der Waals surface area contributed by atoms with Crippen molar-refractivity contribution in [3.05, 3.63) is 0 Å². The number of hydrogen-bond donors (Lipinski definition) is 1. The highest BCUT2D eigenvalue weighted by Gasteiger charge is 2.39. The van der Waals surface area contributed by atoms with Crippen molar-refractivity contribution in [3.8, 4) is 0 Å². The molecule has 3 saturated heterocycles. The molecule has 3 aliphatic rings. The maximum atomic E-state index is 5.84. The zero-order valence-corrected chi connectivity index (χ0v) is 12.5. The topological polar surface area (TPSA) is 35.7 Å². The summed E-state index contributed by atoms with van der Waals surface area (Å²) < 4.78 is 0. The van der Waals surface area contributed by atoms with E-state index >= 15 is 0 Å². The fourth-order valence-electron chi connectivity index (χ4n) is 4.28. The molecule has 2 N–H and O–H groups in total. The van der Waals surface area contributed by atoms with E-state index in [1.54, 1.807) is 0 Å². The summed E-state index contributed by atoms with van der Waals surface area (Å²) in [5.41, 5.74) is 0.672. The van der Waals surface area contributed by atoms with Crippen LogP contribution in [0.25, 0.3) is 0 Å². The molecule has 0 bridgehead atoms. The Labute approximate surface area is 117 Å². The molecule has 4 nitrogen and oxygen atoms in total. The van der Waals surface area contributed by atoms with E-state index in [1.165, 1.54) is 64.8 Å². The van der Waals surface area contributed by atoms with Crippen LogP contribution in [-0.2, 0) is 0 Å². The van der Waals surface area contributed by atoms with Crippen LogP contribution in [0.1, 0.15) is 32.1 Å². The summed E-state index contributed by atoms with van der Waals surface area (Å²) >= 11 is 0. The van der Waals surface area contributed by atoms with Crippen LogP contribution in [0.15, 0.2) is 0 Å². The Kier molecular flexibility index (Phi) is 4.13. The standard InChI is InChI=1S/C15H30N4/c1-17-9-4-15(13-17)5-10-18(11-6-15)12-14-2-7-19(16)8-3-14/h14H,2-13,16H2,1H3. The molecule has 4 heteroatoms. The summed E-state index contributed by atoms with van der Waals surface area (Å²) in [5.74, 6) is 6.73. The molecule has 19 heavy (non-hydrogen) atoms. The van der Waals surface area contributed by atoms with E-state index in [4.69, 9.17) is 5.84 Å². The third-order valence-electron chi connectivity index (χ3n) is 5.71. The summed E-state index contributed by atoms with van der Waals surface area (Å²) in [6.07, 6.45) is 6.87. The largest absolute Gasteiger partial charge is 0.306 e. The maximum absolute atomic E-state index is 5.84. The normalized spacial score (nSPS) is 31.3. The van der Waals surface area contributed by atoms with Crippen LogP contribution in [-0.4, -0.2) is 67.7 Å². The average Bonchev–Trinajstić information content (AvgIpc) is 2.77. The fourth-order valence-corrected chi connectivity index (χ4v) is 4.28. The third-order valence-corrected chi connectivity index (χ3v) is 5.71. The Morgan fingerprint density at radius 2 is 1.63 bits per heavy atom. The number of likely N-dealkylation sites (tertiary alicyclic amines) is 2. The molecule has 0 amide bonds. The Morgan fingerprint density at radius 3 is 2.21 bits per heavy atom.